The topological polar surface area (TPSA) is 12.0 Å². The molecule has 1 aliphatic rings. The van der Waals surface area contributed by atoms with Gasteiger partial charge in [0.15, 0.2) is 0 Å². The molecule has 0 aliphatic heterocycles. The standard InChI is InChI=1S/C18H23NS/c1-4-19-18(14-7-8-14)17-10-9-16(20-17)15-6-5-12(2)13(3)11-15/h5-6,9-11,14,18-19H,4,7-8H2,1-3H3. The monoisotopic (exact) mass is 285 g/mol. The van der Waals surface area contributed by atoms with Crippen LogP contribution in [0.25, 0.3) is 10.4 Å². The maximum absolute atomic E-state index is 3.66. The Morgan fingerprint density at radius 3 is 2.60 bits per heavy atom. The van der Waals surface area contributed by atoms with Crippen LogP contribution in [-0.2, 0) is 0 Å². The normalized spacial score (nSPS) is 16.4. The zero-order valence-electron chi connectivity index (χ0n) is 12.6. The van der Waals surface area contributed by atoms with E-state index >= 15 is 0 Å². The van der Waals surface area contributed by atoms with Gasteiger partial charge in [-0.1, -0.05) is 25.1 Å². The molecule has 1 atom stereocenters. The molecular weight excluding hydrogens is 262 g/mol. The van der Waals surface area contributed by atoms with Gasteiger partial charge in [0, 0.05) is 15.8 Å². The first-order valence-electron chi connectivity index (χ1n) is 7.59. The van der Waals surface area contributed by atoms with Gasteiger partial charge in [0.05, 0.1) is 0 Å². The maximum atomic E-state index is 3.66. The van der Waals surface area contributed by atoms with Gasteiger partial charge in [-0.2, -0.15) is 0 Å². The molecule has 0 radical (unpaired) electrons. The van der Waals surface area contributed by atoms with Crippen LogP contribution in [0.2, 0.25) is 0 Å². The molecule has 0 spiro atoms. The number of nitrogens with one attached hydrogen (secondary N) is 1. The van der Waals surface area contributed by atoms with Crippen LogP contribution >= 0.6 is 11.3 Å². The smallest absolute Gasteiger partial charge is 0.0443 e. The van der Waals surface area contributed by atoms with Crippen molar-refractivity contribution in [2.24, 2.45) is 5.92 Å². The predicted octanol–water partition coefficient (Wildman–Crippen LogP) is 5.09. The highest BCUT2D eigenvalue weighted by molar-refractivity contribution is 7.15. The van der Waals surface area contributed by atoms with E-state index in [1.165, 1.54) is 39.3 Å². The second kappa shape index (κ2) is 5.71. The first-order valence-corrected chi connectivity index (χ1v) is 8.41. The van der Waals surface area contributed by atoms with Crippen molar-refractivity contribution in [2.75, 3.05) is 6.54 Å². The molecule has 20 heavy (non-hydrogen) atoms. The third-order valence-electron chi connectivity index (χ3n) is 4.24. The summed E-state index contributed by atoms with van der Waals surface area (Å²) in [6, 6.07) is 12.0. The average Bonchev–Trinajstić information content (AvgIpc) is 3.16. The lowest BCUT2D eigenvalue weighted by atomic mass is 10.1. The van der Waals surface area contributed by atoms with Crippen LogP contribution in [0.4, 0.5) is 0 Å². The molecule has 1 N–H and O–H groups in total. The van der Waals surface area contributed by atoms with E-state index in [9.17, 15) is 0 Å². The van der Waals surface area contributed by atoms with Gasteiger partial charge in [0.2, 0.25) is 0 Å². The SMILES string of the molecule is CCNC(c1ccc(-c2ccc(C)c(C)c2)s1)C1CC1. The minimum atomic E-state index is 0.574. The lowest BCUT2D eigenvalue weighted by Gasteiger charge is -2.15. The number of thiophene rings is 1. The summed E-state index contributed by atoms with van der Waals surface area (Å²) in [5, 5.41) is 3.66. The van der Waals surface area contributed by atoms with Crippen LogP contribution in [0.3, 0.4) is 0 Å². The van der Waals surface area contributed by atoms with Crippen molar-refractivity contribution in [1.82, 2.24) is 5.32 Å². The van der Waals surface area contributed by atoms with Gasteiger partial charge in [-0.3, -0.25) is 0 Å². The Bertz CT molecular complexity index is 595. The summed E-state index contributed by atoms with van der Waals surface area (Å²) in [4.78, 5) is 2.90. The third kappa shape index (κ3) is 2.82. The third-order valence-corrected chi connectivity index (χ3v) is 5.46. The molecule has 2 aromatic rings. The van der Waals surface area contributed by atoms with Crippen LogP contribution in [0, 0.1) is 19.8 Å². The van der Waals surface area contributed by atoms with Crippen LogP contribution < -0.4 is 5.32 Å². The first-order chi connectivity index (χ1) is 9.69. The van der Waals surface area contributed by atoms with E-state index in [-0.39, 0.29) is 0 Å². The number of hydrogen-bond acceptors (Lipinski definition) is 2. The number of rotatable bonds is 5. The number of benzene rings is 1. The van der Waals surface area contributed by atoms with Crippen molar-refractivity contribution in [3.63, 3.8) is 0 Å². The van der Waals surface area contributed by atoms with Crippen molar-refractivity contribution in [3.05, 3.63) is 46.3 Å². The lowest BCUT2D eigenvalue weighted by Crippen LogP contribution is -2.21. The molecular formula is C18H23NS. The lowest BCUT2D eigenvalue weighted by molar-refractivity contribution is 0.504. The van der Waals surface area contributed by atoms with E-state index in [2.05, 4.69) is 56.4 Å². The van der Waals surface area contributed by atoms with Crippen molar-refractivity contribution >= 4 is 11.3 Å². The maximum Gasteiger partial charge on any atom is 0.0443 e. The van der Waals surface area contributed by atoms with Gasteiger partial charge in [-0.05, 0) is 68.0 Å². The second-order valence-electron chi connectivity index (χ2n) is 5.87. The summed E-state index contributed by atoms with van der Waals surface area (Å²) in [5.41, 5.74) is 4.10. The molecule has 1 aromatic heterocycles. The van der Waals surface area contributed by atoms with Crippen LogP contribution in [0.1, 0.15) is 41.8 Å². The molecule has 1 aliphatic carbocycles. The molecule has 1 fully saturated rings. The van der Waals surface area contributed by atoms with Gasteiger partial charge < -0.3 is 5.32 Å². The summed E-state index contributed by atoms with van der Waals surface area (Å²) in [6.07, 6.45) is 2.77. The Hall–Kier alpha value is -1.12. The fourth-order valence-corrected chi connectivity index (χ4v) is 3.89. The van der Waals surface area contributed by atoms with Gasteiger partial charge in [0.1, 0.15) is 0 Å². The highest BCUT2D eigenvalue weighted by Crippen LogP contribution is 2.44. The highest BCUT2D eigenvalue weighted by Gasteiger charge is 2.32. The van der Waals surface area contributed by atoms with E-state index in [1.54, 1.807) is 0 Å². The summed E-state index contributed by atoms with van der Waals surface area (Å²) in [7, 11) is 0. The van der Waals surface area contributed by atoms with E-state index in [0.717, 1.165) is 12.5 Å². The fraction of sp³-hybridized carbons (Fsp3) is 0.444. The molecule has 1 saturated carbocycles. The molecule has 106 valence electrons. The van der Waals surface area contributed by atoms with Crippen LogP contribution in [0.5, 0.6) is 0 Å². The Labute approximate surface area is 126 Å². The Balaban J connectivity index is 1.86. The average molecular weight is 285 g/mol. The first kappa shape index (κ1) is 13.8. The summed E-state index contributed by atoms with van der Waals surface area (Å²) in [5.74, 6) is 0.862. The van der Waals surface area contributed by atoms with Gasteiger partial charge >= 0.3 is 0 Å². The molecule has 0 bridgehead atoms. The fourth-order valence-electron chi connectivity index (χ4n) is 2.72. The number of aryl methyl sites for hydroxylation is 2. The summed E-state index contributed by atoms with van der Waals surface area (Å²) < 4.78 is 0. The van der Waals surface area contributed by atoms with Crippen LogP contribution in [-0.4, -0.2) is 6.54 Å². The molecule has 0 amide bonds. The highest BCUT2D eigenvalue weighted by atomic mass is 32.1. The van der Waals surface area contributed by atoms with Gasteiger partial charge in [-0.25, -0.2) is 0 Å². The molecule has 3 rings (SSSR count). The van der Waals surface area contributed by atoms with Crippen LogP contribution in [0.15, 0.2) is 30.3 Å². The minimum absolute atomic E-state index is 0.574. The Morgan fingerprint density at radius 2 is 1.95 bits per heavy atom. The van der Waals surface area contributed by atoms with E-state index in [0.29, 0.717) is 6.04 Å². The zero-order valence-corrected chi connectivity index (χ0v) is 13.4. The zero-order chi connectivity index (χ0) is 14.1. The Morgan fingerprint density at radius 1 is 1.15 bits per heavy atom. The summed E-state index contributed by atoms with van der Waals surface area (Å²) >= 11 is 1.95. The van der Waals surface area contributed by atoms with E-state index in [1.807, 2.05) is 11.3 Å². The van der Waals surface area contributed by atoms with E-state index < -0.39 is 0 Å². The van der Waals surface area contributed by atoms with Crippen molar-refractivity contribution in [2.45, 2.75) is 39.7 Å². The number of hydrogen-bond donors (Lipinski definition) is 1. The molecule has 1 unspecified atom stereocenters. The molecule has 1 nitrogen and oxygen atoms in total. The van der Waals surface area contributed by atoms with Crippen molar-refractivity contribution < 1.29 is 0 Å². The summed E-state index contributed by atoms with van der Waals surface area (Å²) in [6.45, 7) is 7.62. The minimum Gasteiger partial charge on any atom is -0.309 e. The van der Waals surface area contributed by atoms with E-state index in [4.69, 9.17) is 0 Å². The van der Waals surface area contributed by atoms with Gasteiger partial charge in [0.25, 0.3) is 0 Å². The molecule has 0 saturated heterocycles. The predicted molar refractivity (Wildman–Crippen MR) is 88.4 cm³/mol. The molecule has 1 heterocycles. The Kier molecular flexibility index (Phi) is 3.95. The van der Waals surface area contributed by atoms with Gasteiger partial charge in [-0.15, -0.1) is 11.3 Å². The van der Waals surface area contributed by atoms with Crippen molar-refractivity contribution in [3.8, 4) is 10.4 Å². The molecule has 2 heteroatoms. The second-order valence-corrected chi connectivity index (χ2v) is 6.99. The molecule has 1 aromatic carbocycles. The van der Waals surface area contributed by atoms with Crippen molar-refractivity contribution in [1.29, 1.82) is 0 Å². The quantitative estimate of drug-likeness (QED) is 0.806. The largest absolute Gasteiger partial charge is 0.309 e.